The monoisotopic (exact) mass is 167 g/mol. The van der Waals surface area contributed by atoms with Crippen LogP contribution >= 0.6 is 11.6 Å². The van der Waals surface area contributed by atoms with Crippen LogP contribution in [-0.2, 0) is 0 Å². The molecule has 0 saturated heterocycles. The van der Waals surface area contributed by atoms with Crippen molar-refractivity contribution in [3.63, 3.8) is 0 Å². The van der Waals surface area contributed by atoms with Gasteiger partial charge in [0.2, 0.25) is 0 Å². The van der Waals surface area contributed by atoms with Crippen LogP contribution in [0.5, 0.6) is 0 Å². The predicted molar refractivity (Wildman–Crippen MR) is 51.1 cm³/mol. The molecule has 0 atom stereocenters. The SMILES string of the molecule is C=Cc1cccc(Cl)c1NC. The van der Waals surface area contributed by atoms with E-state index in [1.54, 1.807) is 6.08 Å². The number of nitrogens with one attached hydrogen (secondary N) is 1. The maximum Gasteiger partial charge on any atom is 0.0643 e. The summed E-state index contributed by atoms with van der Waals surface area (Å²) in [5, 5.41) is 3.74. The van der Waals surface area contributed by atoms with Crippen LogP contribution in [0.1, 0.15) is 5.56 Å². The first-order valence-corrected chi connectivity index (χ1v) is 3.76. The van der Waals surface area contributed by atoms with Gasteiger partial charge in [0, 0.05) is 7.05 Å². The number of anilines is 1. The fraction of sp³-hybridized carbons (Fsp3) is 0.111. The topological polar surface area (TPSA) is 12.0 Å². The summed E-state index contributed by atoms with van der Waals surface area (Å²) in [4.78, 5) is 0. The molecular weight excluding hydrogens is 158 g/mol. The fourth-order valence-corrected chi connectivity index (χ4v) is 1.25. The Morgan fingerprint density at radius 3 is 2.73 bits per heavy atom. The highest BCUT2D eigenvalue weighted by molar-refractivity contribution is 6.33. The third-order valence-electron chi connectivity index (χ3n) is 1.52. The number of para-hydroxylation sites is 1. The molecule has 0 aliphatic rings. The first-order chi connectivity index (χ1) is 5.29. The van der Waals surface area contributed by atoms with Crippen LogP contribution in [0.25, 0.3) is 6.08 Å². The van der Waals surface area contributed by atoms with E-state index in [1.165, 1.54) is 0 Å². The Hall–Kier alpha value is -0.950. The molecule has 0 bridgehead atoms. The molecule has 0 heterocycles. The van der Waals surface area contributed by atoms with Gasteiger partial charge in [-0.1, -0.05) is 36.4 Å². The Kier molecular flexibility index (Phi) is 2.55. The first kappa shape index (κ1) is 8.15. The lowest BCUT2D eigenvalue weighted by Gasteiger charge is -2.06. The minimum Gasteiger partial charge on any atom is -0.386 e. The number of benzene rings is 1. The van der Waals surface area contributed by atoms with Gasteiger partial charge in [0.25, 0.3) is 0 Å². The van der Waals surface area contributed by atoms with E-state index in [4.69, 9.17) is 11.6 Å². The molecule has 0 saturated carbocycles. The molecule has 0 aromatic heterocycles. The first-order valence-electron chi connectivity index (χ1n) is 3.38. The van der Waals surface area contributed by atoms with Crippen LogP contribution in [0.2, 0.25) is 5.02 Å². The molecule has 58 valence electrons. The van der Waals surface area contributed by atoms with Crippen LogP contribution in [-0.4, -0.2) is 7.05 Å². The smallest absolute Gasteiger partial charge is 0.0643 e. The van der Waals surface area contributed by atoms with Gasteiger partial charge < -0.3 is 5.32 Å². The highest BCUT2D eigenvalue weighted by Gasteiger charge is 1.99. The summed E-state index contributed by atoms with van der Waals surface area (Å²) in [6.07, 6.45) is 1.78. The maximum atomic E-state index is 5.90. The molecule has 1 aromatic carbocycles. The second-order valence-corrected chi connectivity index (χ2v) is 2.57. The second kappa shape index (κ2) is 3.44. The Balaban J connectivity index is 3.23. The van der Waals surface area contributed by atoms with Gasteiger partial charge in [-0.05, 0) is 11.6 Å². The van der Waals surface area contributed by atoms with E-state index in [2.05, 4.69) is 11.9 Å². The summed E-state index contributed by atoms with van der Waals surface area (Å²) in [6.45, 7) is 3.68. The molecule has 1 rings (SSSR count). The van der Waals surface area contributed by atoms with E-state index < -0.39 is 0 Å². The lowest BCUT2D eigenvalue weighted by molar-refractivity contribution is 1.49. The molecule has 0 spiro atoms. The van der Waals surface area contributed by atoms with Crippen molar-refractivity contribution in [2.24, 2.45) is 0 Å². The molecule has 1 nitrogen and oxygen atoms in total. The van der Waals surface area contributed by atoms with E-state index in [9.17, 15) is 0 Å². The number of halogens is 1. The number of rotatable bonds is 2. The van der Waals surface area contributed by atoms with E-state index in [1.807, 2.05) is 25.2 Å². The molecule has 0 fully saturated rings. The van der Waals surface area contributed by atoms with Crippen molar-refractivity contribution in [1.29, 1.82) is 0 Å². The number of hydrogen-bond acceptors (Lipinski definition) is 1. The third kappa shape index (κ3) is 1.55. The van der Waals surface area contributed by atoms with Crippen LogP contribution < -0.4 is 5.32 Å². The summed E-state index contributed by atoms with van der Waals surface area (Å²) in [7, 11) is 1.84. The second-order valence-electron chi connectivity index (χ2n) is 2.16. The maximum absolute atomic E-state index is 5.90. The molecule has 0 aliphatic carbocycles. The molecule has 11 heavy (non-hydrogen) atoms. The average Bonchev–Trinajstić information content (AvgIpc) is 2.04. The molecule has 0 unspecified atom stereocenters. The van der Waals surface area contributed by atoms with Crippen molar-refractivity contribution in [1.82, 2.24) is 0 Å². The Labute approximate surface area is 71.7 Å². The quantitative estimate of drug-likeness (QED) is 0.714. The van der Waals surface area contributed by atoms with E-state index in [-0.39, 0.29) is 0 Å². The zero-order valence-corrected chi connectivity index (χ0v) is 7.15. The summed E-state index contributed by atoms with van der Waals surface area (Å²) in [5.41, 5.74) is 1.96. The largest absolute Gasteiger partial charge is 0.386 e. The van der Waals surface area contributed by atoms with Crippen molar-refractivity contribution in [3.8, 4) is 0 Å². The minimum atomic E-state index is 0.727. The van der Waals surface area contributed by atoms with Gasteiger partial charge in [-0.2, -0.15) is 0 Å². The predicted octanol–water partition coefficient (Wildman–Crippen LogP) is 3.02. The van der Waals surface area contributed by atoms with Crippen molar-refractivity contribution < 1.29 is 0 Å². The molecule has 0 radical (unpaired) electrons. The van der Waals surface area contributed by atoms with Crippen molar-refractivity contribution in [3.05, 3.63) is 35.4 Å². The van der Waals surface area contributed by atoms with E-state index >= 15 is 0 Å². The van der Waals surface area contributed by atoms with Gasteiger partial charge in [-0.3, -0.25) is 0 Å². The standard InChI is InChI=1S/C9H10ClN/c1-3-7-5-4-6-8(10)9(7)11-2/h3-6,11H,1H2,2H3. The van der Waals surface area contributed by atoms with Crippen LogP contribution in [0.3, 0.4) is 0 Å². The lowest BCUT2D eigenvalue weighted by atomic mass is 10.2. The number of hydrogen-bond donors (Lipinski definition) is 1. The highest BCUT2D eigenvalue weighted by Crippen LogP contribution is 2.25. The van der Waals surface area contributed by atoms with Gasteiger partial charge in [0.15, 0.2) is 0 Å². The fourth-order valence-electron chi connectivity index (χ4n) is 0.975. The summed E-state index contributed by atoms with van der Waals surface area (Å²) >= 11 is 5.90. The third-order valence-corrected chi connectivity index (χ3v) is 1.83. The Bertz CT molecular complexity index is 268. The molecule has 0 aliphatic heterocycles. The molecule has 0 amide bonds. The summed E-state index contributed by atoms with van der Waals surface area (Å²) in [6, 6.07) is 5.71. The van der Waals surface area contributed by atoms with E-state index in [0.29, 0.717) is 0 Å². The average molecular weight is 168 g/mol. The molecular formula is C9H10ClN. The van der Waals surface area contributed by atoms with Crippen LogP contribution in [0.4, 0.5) is 5.69 Å². The van der Waals surface area contributed by atoms with Gasteiger partial charge in [-0.15, -0.1) is 0 Å². The normalized spacial score (nSPS) is 9.27. The Morgan fingerprint density at radius 2 is 2.27 bits per heavy atom. The highest BCUT2D eigenvalue weighted by atomic mass is 35.5. The van der Waals surface area contributed by atoms with Gasteiger partial charge in [0.1, 0.15) is 0 Å². The van der Waals surface area contributed by atoms with Crippen molar-refractivity contribution >= 4 is 23.4 Å². The lowest BCUT2D eigenvalue weighted by Crippen LogP contribution is -1.91. The van der Waals surface area contributed by atoms with Gasteiger partial charge >= 0.3 is 0 Å². The minimum absolute atomic E-state index is 0.727. The zero-order chi connectivity index (χ0) is 8.27. The molecule has 1 N–H and O–H groups in total. The summed E-state index contributed by atoms with van der Waals surface area (Å²) in [5.74, 6) is 0. The Morgan fingerprint density at radius 1 is 1.55 bits per heavy atom. The molecule has 1 aromatic rings. The van der Waals surface area contributed by atoms with Gasteiger partial charge in [-0.25, -0.2) is 0 Å². The summed E-state index contributed by atoms with van der Waals surface area (Å²) < 4.78 is 0. The van der Waals surface area contributed by atoms with Crippen LogP contribution in [0.15, 0.2) is 24.8 Å². The van der Waals surface area contributed by atoms with E-state index in [0.717, 1.165) is 16.3 Å². The van der Waals surface area contributed by atoms with Gasteiger partial charge in [0.05, 0.1) is 10.7 Å². The zero-order valence-electron chi connectivity index (χ0n) is 6.39. The molecule has 2 heteroatoms. The van der Waals surface area contributed by atoms with Crippen molar-refractivity contribution in [2.45, 2.75) is 0 Å². The van der Waals surface area contributed by atoms with Crippen molar-refractivity contribution in [2.75, 3.05) is 12.4 Å². The van der Waals surface area contributed by atoms with Crippen LogP contribution in [0, 0.1) is 0 Å².